The predicted molar refractivity (Wildman–Crippen MR) is 87.1 cm³/mol. The van der Waals surface area contributed by atoms with Gasteiger partial charge in [-0.15, -0.1) is 0 Å². The molecule has 1 aliphatic carbocycles. The van der Waals surface area contributed by atoms with Gasteiger partial charge in [-0.3, -0.25) is 9.59 Å². The van der Waals surface area contributed by atoms with Crippen molar-refractivity contribution in [2.45, 2.75) is 58.0 Å². The van der Waals surface area contributed by atoms with Crippen LogP contribution in [0.2, 0.25) is 0 Å². The molecule has 0 radical (unpaired) electrons. The lowest BCUT2D eigenvalue weighted by atomic mass is 10.1. The van der Waals surface area contributed by atoms with Gasteiger partial charge in [0.1, 0.15) is 5.82 Å². The van der Waals surface area contributed by atoms with Crippen molar-refractivity contribution in [3.8, 4) is 0 Å². The summed E-state index contributed by atoms with van der Waals surface area (Å²) in [6.45, 7) is 1.80. The highest BCUT2D eigenvalue weighted by molar-refractivity contribution is 5.83. The number of nitrogens with one attached hydrogen (secondary N) is 1. The molecule has 1 saturated carbocycles. The zero-order chi connectivity index (χ0) is 16.7. The Kier molecular flexibility index (Phi) is 6.56. The molecule has 0 saturated heterocycles. The van der Waals surface area contributed by atoms with Crippen molar-refractivity contribution in [3.63, 3.8) is 0 Å². The summed E-state index contributed by atoms with van der Waals surface area (Å²) in [5.74, 6) is -0.589. The highest BCUT2D eigenvalue weighted by atomic mass is 19.1. The predicted octanol–water partition coefficient (Wildman–Crippen LogP) is 3.01. The molecule has 23 heavy (non-hydrogen) atoms. The number of amides is 2. The highest BCUT2D eigenvalue weighted by Gasteiger charge is 2.18. The van der Waals surface area contributed by atoms with Gasteiger partial charge >= 0.3 is 0 Å². The Morgan fingerprint density at radius 3 is 2.30 bits per heavy atom. The lowest BCUT2D eigenvalue weighted by Gasteiger charge is -2.23. The Morgan fingerprint density at radius 2 is 1.74 bits per heavy atom. The van der Waals surface area contributed by atoms with Crippen LogP contribution in [0.25, 0.3) is 0 Å². The van der Waals surface area contributed by atoms with E-state index in [1.807, 2.05) is 0 Å². The van der Waals surface area contributed by atoms with Crippen molar-refractivity contribution >= 4 is 11.8 Å². The molecule has 1 fully saturated rings. The molecular weight excluding hydrogens is 295 g/mol. The van der Waals surface area contributed by atoms with Gasteiger partial charge in [0.2, 0.25) is 11.8 Å². The number of hydrogen-bond donors (Lipinski definition) is 1. The van der Waals surface area contributed by atoms with Crippen LogP contribution in [0.1, 0.15) is 51.0 Å². The van der Waals surface area contributed by atoms with E-state index in [0.717, 1.165) is 31.2 Å². The Hall–Kier alpha value is -1.91. The van der Waals surface area contributed by atoms with Crippen LogP contribution in [0.4, 0.5) is 4.39 Å². The van der Waals surface area contributed by atoms with E-state index in [1.165, 1.54) is 36.8 Å². The van der Waals surface area contributed by atoms with Crippen LogP contribution in [0.5, 0.6) is 0 Å². The van der Waals surface area contributed by atoms with Crippen LogP contribution < -0.4 is 5.32 Å². The van der Waals surface area contributed by atoms with Gasteiger partial charge in [-0.1, -0.05) is 37.8 Å². The maximum absolute atomic E-state index is 12.9. The van der Waals surface area contributed by atoms with E-state index >= 15 is 0 Å². The molecule has 0 aromatic heterocycles. The Bertz CT molecular complexity index is 522. The van der Waals surface area contributed by atoms with Crippen molar-refractivity contribution < 1.29 is 14.0 Å². The second kappa shape index (κ2) is 8.65. The fourth-order valence-electron chi connectivity index (χ4n) is 2.96. The van der Waals surface area contributed by atoms with Crippen molar-refractivity contribution in [1.82, 2.24) is 10.2 Å². The van der Waals surface area contributed by atoms with Crippen molar-refractivity contribution in [1.29, 1.82) is 0 Å². The molecule has 2 rings (SSSR count). The molecule has 126 valence electrons. The van der Waals surface area contributed by atoms with Crippen LogP contribution in [0, 0.1) is 5.82 Å². The fourth-order valence-corrected chi connectivity index (χ4v) is 2.96. The second-order valence-electron chi connectivity index (χ2n) is 6.26. The molecule has 0 aliphatic heterocycles. The first kappa shape index (κ1) is 17.4. The summed E-state index contributed by atoms with van der Waals surface area (Å²) in [5, 5.41) is 3.05. The van der Waals surface area contributed by atoms with E-state index in [0.29, 0.717) is 6.54 Å². The SMILES string of the molecule is CC(=O)N(CC(=O)NC1CCCCCC1)Cc1ccc(F)cc1. The van der Waals surface area contributed by atoms with E-state index in [1.54, 1.807) is 12.1 Å². The van der Waals surface area contributed by atoms with Gasteiger partial charge in [-0.25, -0.2) is 4.39 Å². The standard InChI is InChI=1S/C18H25FN2O2/c1-14(22)21(12-15-8-10-16(19)11-9-15)13-18(23)20-17-6-4-2-3-5-7-17/h8-11,17H,2-7,12-13H2,1H3,(H,20,23). The van der Waals surface area contributed by atoms with Crippen LogP contribution in [-0.2, 0) is 16.1 Å². The molecule has 0 heterocycles. The summed E-state index contributed by atoms with van der Waals surface area (Å²) in [4.78, 5) is 25.5. The Morgan fingerprint density at radius 1 is 1.13 bits per heavy atom. The second-order valence-corrected chi connectivity index (χ2v) is 6.26. The van der Waals surface area contributed by atoms with Gasteiger partial charge in [0, 0.05) is 19.5 Å². The summed E-state index contributed by atoms with van der Waals surface area (Å²) in [7, 11) is 0. The van der Waals surface area contributed by atoms with Gasteiger partial charge < -0.3 is 10.2 Å². The quantitative estimate of drug-likeness (QED) is 0.848. The minimum absolute atomic E-state index is 0.0449. The van der Waals surface area contributed by atoms with Crippen molar-refractivity contribution in [2.24, 2.45) is 0 Å². The summed E-state index contributed by atoms with van der Waals surface area (Å²) in [6, 6.07) is 6.21. The lowest BCUT2D eigenvalue weighted by Crippen LogP contribution is -2.43. The van der Waals surface area contributed by atoms with E-state index in [2.05, 4.69) is 5.32 Å². The first-order valence-electron chi connectivity index (χ1n) is 8.34. The van der Waals surface area contributed by atoms with Crippen molar-refractivity contribution in [3.05, 3.63) is 35.6 Å². The summed E-state index contributed by atoms with van der Waals surface area (Å²) in [6.07, 6.45) is 6.80. The van der Waals surface area contributed by atoms with Gasteiger partial charge in [0.25, 0.3) is 0 Å². The topological polar surface area (TPSA) is 49.4 Å². The van der Waals surface area contributed by atoms with E-state index in [9.17, 15) is 14.0 Å². The maximum Gasteiger partial charge on any atom is 0.239 e. The molecule has 0 spiro atoms. The maximum atomic E-state index is 12.9. The first-order valence-corrected chi connectivity index (χ1v) is 8.34. The molecule has 1 aliphatic rings. The first-order chi connectivity index (χ1) is 11.0. The third kappa shape index (κ3) is 6.00. The van der Waals surface area contributed by atoms with Crippen LogP contribution >= 0.6 is 0 Å². The van der Waals surface area contributed by atoms with Gasteiger partial charge in [0.15, 0.2) is 0 Å². The molecule has 0 unspecified atom stereocenters. The third-order valence-electron chi connectivity index (χ3n) is 4.29. The minimum Gasteiger partial charge on any atom is -0.352 e. The molecule has 5 heteroatoms. The molecule has 2 amide bonds. The van der Waals surface area contributed by atoms with Crippen LogP contribution in [0.3, 0.4) is 0 Å². The normalized spacial score (nSPS) is 15.7. The number of benzene rings is 1. The molecule has 1 aromatic carbocycles. The number of carbonyl (C=O) groups is 2. The zero-order valence-electron chi connectivity index (χ0n) is 13.7. The van der Waals surface area contributed by atoms with E-state index < -0.39 is 0 Å². The average Bonchev–Trinajstić information content (AvgIpc) is 2.77. The molecular formula is C18H25FN2O2. The molecule has 4 nitrogen and oxygen atoms in total. The number of carbonyl (C=O) groups excluding carboxylic acids is 2. The lowest BCUT2D eigenvalue weighted by molar-refractivity contribution is -0.135. The third-order valence-corrected chi connectivity index (χ3v) is 4.29. The van der Waals surface area contributed by atoms with E-state index in [-0.39, 0.29) is 30.2 Å². The number of halogens is 1. The Labute approximate surface area is 137 Å². The van der Waals surface area contributed by atoms with Gasteiger partial charge in [-0.2, -0.15) is 0 Å². The number of rotatable bonds is 5. The number of nitrogens with zero attached hydrogens (tertiary/aromatic N) is 1. The van der Waals surface area contributed by atoms with Crippen molar-refractivity contribution in [2.75, 3.05) is 6.54 Å². The van der Waals surface area contributed by atoms with Gasteiger partial charge in [0.05, 0.1) is 6.54 Å². The fraction of sp³-hybridized carbons (Fsp3) is 0.556. The molecule has 1 N–H and O–H groups in total. The molecule has 1 aromatic rings. The zero-order valence-corrected chi connectivity index (χ0v) is 13.7. The van der Waals surface area contributed by atoms with Gasteiger partial charge in [-0.05, 0) is 30.5 Å². The smallest absolute Gasteiger partial charge is 0.239 e. The highest BCUT2D eigenvalue weighted by Crippen LogP contribution is 2.17. The molecule has 0 atom stereocenters. The molecule has 0 bridgehead atoms. The largest absolute Gasteiger partial charge is 0.352 e. The van der Waals surface area contributed by atoms with E-state index in [4.69, 9.17) is 0 Å². The van der Waals surface area contributed by atoms with Crippen LogP contribution in [-0.4, -0.2) is 29.3 Å². The number of hydrogen-bond acceptors (Lipinski definition) is 2. The Balaban J connectivity index is 1.88. The summed E-state index contributed by atoms with van der Waals surface area (Å²) >= 11 is 0. The summed E-state index contributed by atoms with van der Waals surface area (Å²) in [5.41, 5.74) is 0.809. The minimum atomic E-state index is -0.311. The summed E-state index contributed by atoms with van der Waals surface area (Å²) < 4.78 is 12.9. The average molecular weight is 320 g/mol. The van der Waals surface area contributed by atoms with Crippen LogP contribution in [0.15, 0.2) is 24.3 Å². The monoisotopic (exact) mass is 320 g/mol.